The van der Waals surface area contributed by atoms with Gasteiger partial charge in [0.05, 0.1) is 38.2 Å². The van der Waals surface area contributed by atoms with Crippen molar-refractivity contribution in [2.24, 2.45) is 0 Å². The van der Waals surface area contributed by atoms with Gasteiger partial charge in [-0.3, -0.25) is 9.69 Å². The van der Waals surface area contributed by atoms with Crippen LogP contribution in [0.2, 0.25) is 0 Å². The third-order valence-electron chi connectivity index (χ3n) is 4.20. The maximum absolute atomic E-state index is 10.8. The molecule has 0 aromatic rings. The molecule has 0 spiro atoms. The average Bonchev–Trinajstić information content (AvgIpc) is 2.57. The standard InChI is InChI=1S/C19H30N4O3/c1-3-13-23(14-4-2,15-5-8-19(25)26)17-18(24)16-22(11-6-9-20)12-7-10-21/h3-4,18,24H,1-2,5-8,11-17H2/p+1. The van der Waals surface area contributed by atoms with Crippen molar-refractivity contribution in [3.63, 3.8) is 0 Å². The zero-order chi connectivity index (χ0) is 19.8. The molecule has 1 atom stereocenters. The number of nitrogens with zero attached hydrogens (tertiary/aromatic N) is 4. The summed E-state index contributed by atoms with van der Waals surface area (Å²) in [5.41, 5.74) is 0. The Bertz CT molecular complexity index is 494. The second-order valence-electron chi connectivity index (χ2n) is 6.46. The van der Waals surface area contributed by atoms with Crippen LogP contribution in [0.3, 0.4) is 0 Å². The molecule has 7 nitrogen and oxygen atoms in total. The lowest BCUT2D eigenvalue weighted by Gasteiger charge is -2.39. The molecule has 0 aliphatic carbocycles. The van der Waals surface area contributed by atoms with Gasteiger partial charge in [-0.2, -0.15) is 10.5 Å². The Hall–Kier alpha value is -2.19. The second-order valence-corrected chi connectivity index (χ2v) is 6.46. The number of nitriles is 2. The van der Waals surface area contributed by atoms with Gasteiger partial charge in [-0.1, -0.05) is 13.2 Å². The quantitative estimate of drug-likeness (QED) is 0.318. The Kier molecular flexibility index (Phi) is 12.8. The first-order valence-corrected chi connectivity index (χ1v) is 8.86. The molecule has 144 valence electrons. The molecule has 0 aliphatic heterocycles. The van der Waals surface area contributed by atoms with E-state index in [1.165, 1.54) is 0 Å². The number of aliphatic hydroxyl groups excluding tert-OH is 1. The molecule has 0 saturated heterocycles. The molecule has 7 heteroatoms. The Labute approximate surface area is 156 Å². The van der Waals surface area contributed by atoms with E-state index >= 15 is 0 Å². The number of carbonyl (C=O) groups is 1. The number of carboxylic acid groups (broad SMARTS) is 1. The highest BCUT2D eigenvalue weighted by molar-refractivity contribution is 5.66. The summed E-state index contributed by atoms with van der Waals surface area (Å²) in [6.45, 7) is 11.2. The maximum Gasteiger partial charge on any atom is 0.303 e. The fraction of sp³-hybridized carbons (Fsp3) is 0.632. The second kappa shape index (κ2) is 14.0. The molecule has 0 fully saturated rings. The minimum atomic E-state index is -0.833. The van der Waals surface area contributed by atoms with E-state index < -0.39 is 12.1 Å². The molecule has 26 heavy (non-hydrogen) atoms. The fourth-order valence-corrected chi connectivity index (χ4v) is 3.12. The van der Waals surface area contributed by atoms with Gasteiger partial charge in [0.2, 0.25) is 0 Å². The van der Waals surface area contributed by atoms with Crippen LogP contribution in [-0.2, 0) is 4.79 Å². The van der Waals surface area contributed by atoms with Gasteiger partial charge < -0.3 is 14.7 Å². The predicted molar refractivity (Wildman–Crippen MR) is 99.9 cm³/mol. The Morgan fingerprint density at radius 2 is 1.69 bits per heavy atom. The van der Waals surface area contributed by atoms with E-state index in [1.807, 2.05) is 4.90 Å². The van der Waals surface area contributed by atoms with Crippen LogP contribution in [0, 0.1) is 22.7 Å². The minimum Gasteiger partial charge on any atom is -0.481 e. The van der Waals surface area contributed by atoms with Gasteiger partial charge in [-0.15, -0.1) is 0 Å². The van der Waals surface area contributed by atoms with E-state index in [9.17, 15) is 9.90 Å². The summed E-state index contributed by atoms with van der Waals surface area (Å²) in [5.74, 6) is -0.833. The van der Waals surface area contributed by atoms with E-state index in [0.717, 1.165) is 0 Å². The van der Waals surface area contributed by atoms with E-state index in [0.29, 0.717) is 69.6 Å². The first kappa shape index (κ1) is 23.8. The summed E-state index contributed by atoms with van der Waals surface area (Å²) in [6, 6.07) is 4.17. The minimum absolute atomic E-state index is 0.0842. The number of aliphatic carboxylic acids is 1. The van der Waals surface area contributed by atoms with Crippen molar-refractivity contribution in [3.05, 3.63) is 25.3 Å². The van der Waals surface area contributed by atoms with Gasteiger partial charge >= 0.3 is 5.97 Å². The van der Waals surface area contributed by atoms with Crippen LogP contribution in [-0.4, -0.2) is 77.5 Å². The number of quaternary nitrogens is 1. The Balaban J connectivity index is 4.98. The molecule has 2 N–H and O–H groups in total. The molecule has 0 bridgehead atoms. The van der Waals surface area contributed by atoms with Crippen LogP contribution in [0.15, 0.2) is 25.3 Å². The predicted octanol–water partition coefficient (Wildman–Crippen LogP) is 1.53. The largest absolute Gasteiger partial charge is 0.481 e. The number of hydrogen-bond donors (Lipinski definition) is 2. The van der Waals surface area contributed by atoms with Crippen molar-refractivity contribution in [2.75, 3.05) is 45.8 Å². The molecule has 0 aromatic carbocycles. The first-order chi connectivity index (χ1) is 12.4. The lowest BCUT2D eigenvalue weighted by atomic mass is 10.1. The molecule has 0 saturated carbocycles. The van der Waals surface area contributed by atoms with Crippen LogP contribution in [0.4, 0.5) is 0 Å². The summed E-state index contributed by atoms with van der Waals surface area (Å²) in [5, 5.41) is 37.0. The molecule has 0 heterocycles. The van der Waals surface area contributed by atoms with Gasteiger partial charge in [0.15, 0.2) is 0 Å². The molecule has 0 aromatic heterocycles. The van der Waals surface area contributed by atoms with Crippen LogP contribution >= 0.6 is 0 Å². The zero-order valence-corrected chi connectivity index (χ0v) is 15.5. The summed E-state index contributed by atoms with van der Waals surface area (Å²) in [6.07, 6.45) is 4.18. The summed E-state index contributed by atoms with van der Waals surface area (Å²) in [7, 11) is 0. The fourth-order valence-electron chi connectivity index (χ4n) is 3.12. The van der Waals surface area contributed by atoms with Gasteiger partial charge in [0.25, 0.3) is 0 Å². The Morgan fingerprint density at radius 3 is 2.12 bits per heavy atom. The molecule has 0 rings (SSSR count). The van der Waals surface area contributed by atoms with E-state index in [4.69, 9.17) is 15.6 Å². The van der Waals surface area contributed by atoms with Crippen LogP contribution < -0.4 is 0 Å². The summed E-state index contributed by atoms with van der Waals surface area (Å²) >= 11 is 0. The Morgan fingerprint density at radius 1 is 1.15 bits per heavy atom. The highest BCUT2D eigenvalue weighted by atomic mass is 16.4. The number of hydrogen-bond acceptors (Lipinski definition) is 5. The van der Waals surface area contributed by atoms with Crippen molar-refractivity contribution in [1.29, 1.82) is 10.5 Å². The normalized spacial score (nSPS) is 12.2. The number of carboxylic acids is 1. The van der Waals surface area contributed by atoms with Crippen molar-refractivity contribution in [2.45, 2.75) is 31.8 Å². The van der Waals surface area contributed by atoms with Crippen molar-refractivity contribution >= 4 is 5.97 Å². The highest BCUT2D eigenvalue weighted by Gasteiger charge is 2.29. The van der Waals surface area contributed by atoms with E-state index in [-0.39, 0.29) is 6.42 Å². The third kappa shape index (κ3) is 10.6. The van der Waals surface area contributed by atoms with E-state index in [2.05, 4.69) is 25.3 Å². The number of rotatable bonds is 16. The van der Waals surface area contributed by atoms with Gasteiger partial charge in [0, 0.05) is 38.9 Å². The molecular formula is C19H31N4O3+. The molecule has 0 amide bonds. The van der Waals surface area contributed by atoms with Crippen LogP contribution in [0.25, 0.3) is 0 Å². The highest BCUT2D eigenvalue weighted by Crippen LogP contribution is 2.13. The SMILES string of the molecule is C=CC[N+](CC=C)(CCCC(=O)O)CC(O)CN(CCC#N)CCC#N. The lowest BCUT2D eigenvalue weighted by Crippen LogP contribution is -2.55. The van der Waals surface area contributed by atoms with Crippen LogP contribution in [0.5, 0.6) is 0 Å². The maximum atomic E-state index is 10.8. The van der Waals surface area contributed by atoms with Gasteiger partial charge in [-0.25, -0.2) is 0 Å². The van der Waals surface area contributed by atoms with E-state index in [1.54, 1.807) is 12.2 Å². The molecule has 0 aliphatic rings. The van der Waals surface area contributed by atoms with Crippen molar-refractivity contribution in [3.8, 4) is 12.1 Å². The lowest BCUT2D eigenvalue weighted by molar-refractivity contribution is -0.920. The molecular weight excluding hydrogens is 332 g/mol. The summed E-state index contributed by atoms with van der Waals surface area (Å²) in [4.78, 5) is 12.7. The third-order valence-corrected chi connectivity index (χ3v) is 4.20. The zero-order valence-electron chi connectivity index (χ0n) is 15.5. The smallest absolute Gasteiger partial charge is 0.303 e. The van der Waals surface area contributed by atoms with Gasteiger partial charge in [0.1, 0.15) is 12.6 Å². The number of aliphatic hydroxyl groups is 1. The van der Waals surface area contributed by atoms with Crippen molar-refractivity contribution < 1.29 is 19.5 Å². The first-order valence-electron chi connectivity index (χ1n) is 8.86. The van der Waals surface area contributed by atoms with Crippen LogP contribution in [0.1, 0.15) is 25.7 Å². The average molecular weight is 363 g/mol. The topological polar surface area (TPSA) is 108 Å². The molecule has 0 radical (unpaired) electrons. The summed E-state index contributed by atoms with van der Waals surface area (Å²) < 4.78 is 0.492. The monoisotopic (exact) mass is 363 g/mol. The van der Waals surface area contributed by atoms with Crippen molar-refractivity contribution in [1.82, 2.24) is 4.90 Å². The van der Waals surface area contributed by atoms with Gasteiger partial charge in [-0.05, 0) is 12.2 Å². The molecule has 1 unspecified atom stereocenters.